The van der Waals surface area contributed by atoms with Crippen molar-refractivity contribution in [1.29, 1.82) is 0 Å². The average molecular weight is 442 g/mol. The molecule has 0 aliphatic carbocycles. The quantitative estimate of drug-likeness (QED) is 0.582. The Morgan fingerprint density at radius 2 is 1.85 bits per heavy atom. The molecule has 6 nitrogen and oxygen atoms in total. The number of anilines is 1. The lowest BCUT2D eigenvalue weighted by Crippen LogP contribution is -2.40. The molecule has 5 rings (SSSR count). The lowest BCUT2D eigenvalue weighted by molar-refractivity contribution is 0.0599. The number of benzene rings is 1. The number of amides is 1. The Hall–Kier alpha value is -3.28. The molecule has 1 atom stereocenters. The molecule has 2 aliphatic heterocycles. The number of pyridine rings is 1. The van der Waals surface area contributed by atoms with Crippen molar-refractivity contribution in [2.24, 2.45) is 0 Å². The Bertz CT molecular complexity index is 1100. The maximum atomic E-state index is 13.3. The minimum Gasteiger partial charge on any atom is -0.356 e. The van der Waals surface area contributed by atoms with Crippen molar-refractivity contribution < 1.29 is 4.79 Å². The highest BCUT2D eigenvalue weighted by Crippen LogP contribution is 2.34. The fourth-order valence-corrected chi connectivity index (χ4v) is 5.06. The Morgan fingerprint density at radius 3 is 2.67 bits per heavy atom. The molecule has 0 saturated carbocycles. The summed E-state index contributed by atoms with van der Waals surface area (Å²) >= 11 is 0. The van der Waals surface area contributed by atoms with Crippen LogP contribution in [-0.4, -0.2) is 45.4 Å². The van der Waals surface area contributed by atoms with E-state index in [0.717, 1.165) is 86.8 Å². The summed E-state index contributed by atoms with van der Waals surface area (Å²) in [5.74, 6) is 1.92. The van der Waals surface area contributed by atoms with Crippen LogP contribution in [0.1, 0.15) is 64.9 Å². The molecule has 2 aliphatic rings. The molecule has 3 aromatic rings. The molecule has 1 amide bonds. The van der Waals surface area contributed by atoms with Gasteiger partial charge in [-0.1, -0.05) is 24.3 Å². The van der Waals surface area contributed by atoms with Gasteiger partial charge in [-0.3, -0.25) is 9.78 Å². The second kappa shape index (κ2) is 9.69. The van der Waals surface area contributed by atoms with Crippen molar-refractivity contribution in [2.75, 3.05) is 24.5 Å². The van der Waals surface area contributed by atoms with Crippen LogP contribution in [0.2, 0.25) is 0 Å². The fraction of sp³-hybridized carbons (Fsp3) is 0.407. The number of nitrogens with zero attached hydrogens (tertiary/aromatic N) is 5. The minimum absolute atomic E-state index is 0.0741. The number of hydrogen-bond acceptors (Lipinski definition) is 5. The van der Waals surface area contributed by atoms with Gasteiger partial charge < -0.3 is 9.80 Å². The van der Waals surface area contributed by atoms with Gasteiger partial charge >= 0.3 is 0 Å². The second-order valence-corrected chi connectivity index (χ2v) is 9.01. The van der Waals surface area contributed by atoms with E-state index in [9.17, 15) is 4.79 Å². The molecule has 33 heavy (non-hydrogen) atoms. The summed E-state index contributed by atoms with van der Waals surface area (Å²) in [7, 11) is 0. The number of aromatic nitrogens is 3. The molecule has 2 aromatic heterocycles. The number of carbonyl (C=O) groups is 1. The number of piperidine rings is 1. The second-order valence-electron chi connectivity index (χ2n) is 9.01. The van der Waals surface area contributed by atoms with Crippen molar-refractivity contribution in [1.82, 2.24) is 19.9 Å². The van der Waals surface area contributed by atoms with Crippen LogP contribution in [-0.2, 0) is 12.8 Å². The molecule has 6 heteroatoms. The molecule has 1 unspecified atom stereocenters. The third-order valence-electron chi connectivity index (χ3n) is 6.81. The third kappa shape index (κ3) is 4.61. The van der Waals surface area contributed by atoms with Crippen LogP contribution in [0.3, 0.4) is 0 Å². The van der Waals surface area contributed by atoms with Gasteiger partial charge in [0, 0.05) is 54.8 Å². The zero-order chi connectivity index (χ0) is 22.6. The monoisotopic (exact) mass is 441 g/mol. The molecular formula is C27H31N5O. The van der Waals surface area contributed by atoms with E-state index in [-0.39, 0.29) is 11.9 Å². The molecule has 0 bridgehead atoms. The summed E-state index contributed by atoms with van der Waals surface area (Å²) in [5.41, 5.74) is 4.14. The van der Waals surface area contributed by atoms with Crippen molar-refractivity contribution in [3.05, 3.63) is 83.1 Å². The smallest absolute Gasteiger partial charge is 0.254 e. The van der Waals surface area contributed by atoms with E-state index in [2.05, 4.69) is 22.9 Å². The standard InChI is InChI=1S/C27H31N5O/c1-20-23-13-9-17-31(19-15-22-12-5-7-16-28-22)26(23)30-25(29-20)24-14-6-8-18-32(24)27(33)21-10-3-2-4-11-21/h2-5,7,10-12,16,24H,6,8-9,13-15,17-19H2,1H3. The predicted molar refractivity (Wildman–Crippen MR) is 129 cm³/mol. The van der Waals surface area contributed by atoms with E-state index in [1.54, 1.807) is 0 Å². The summed E-state index contributed by atoms with van der Waals surface area (Å²) in [6.07, 6.45) is 7.89. The molecule has 0 N–H and O–H groups in total. The lowest BCUT2D eigenvalue weighted by Gasteiger charge is -2.37. The van der Waals surface area contributed by atoms with E-state index < -0.39 is 0 Å². The Morgan fingerprint density at radius 1 is 1.00 bits per heavy atom. The van der Waals surface area contributed by atoms with E-state index in [1.807, 2.05) is 53.6 Å². The zero-order valence-electron chi connectivity index (χ0n) is 19.3. The molecule has 4 heterocycles. The van der Waals surface area contributed by atoms with Gasteiger partial charge in [0.1, 0.15) is 5.82 Å². The van der Waals surface area contributed by atoms with Gasteiger partial charge in [-0.2, -0.15) is 0 Å². The Labute approximate surface area is 195 Å². The van der Waals surface area contributed by atoms with Crippen LogP contribution in [0.5, 0.6) is 0 Å². The first-order chi connectivity index (χ1) is 16.2. The van der Waals surface area contributed by atoms with Crippen molar-refractivity contribution >= 4 is 11.7 Å². The number of carbonyl (C=O) groups excluding carboxylic acids is 1. The highest BCUT2D eigenvalue weighted by Gasteiger charge is 2.32. The zero-order valence-corrected chi connectivity index (χ0v) is 19.3. The van der Waals surface area contributed by atoms with Crippen LogP contribution in [0.15, 0.2) is 54.7 Å². The van der Waals surface area contributed by atoms with Crippen LogP contribution >= 0.6 is 0 Å². The summed E-state index contributed by atoms with van der Waals surface area (Å²) in [6, 6.07) is 15.6. The predicted octanol–water partition coefficient (Wildman–Crippen LogP) is 4.54. The molecule has 1 saturated heterocycles. The first-order valence-electron chi connectivity index (χ1n) is 12.1. The van der Waals surface area contributed by atoms with E-state index in [0.29, 0.717) is 0 Å². The van der Waals surface area contributed by atoms with Crippen LogP contribution in [0.25, 0.3) is 0 Å². The van der Waals surface area contributed by atoms with Crippen LogP contribution in [0, 0.1) is 6.92 Å². The lowest BCUT2D eigenvalue weighted by atomic mass is 9.98. The maximum absolute atomic E-state index is 13.3. The molecule has 170 valence electrons. The number of likely N-dealkylation sites (tertiary alicyclic amines) is 1. The highest BCUT2D eigenvalue weighted by atomic mass is 16.2. The number of hydrogen-bond donors (Lipinski definition) is 0. The number of rotatable bonds is 5. The maximum Gasteiger partial charge on any atom is 0.254 e. The molecule has 1 aromatic carbocycles. The average Bonchev–Trinajstić information content (AvgIpc) is 2.88. The fourth-order valence-electron chi connectivity index (χ4n) is 5.06. The number of aryl methyl sites for hydroxylation is 1. The van der Waals surface area contributed by atoms with Gasteiger partial charge in [0.15, 0.2) is 5.82 Å². The Kier molecular flexibility index (Phi) is 6.33. The first kappa shape index (κ1) is 21.6. The summed E-state index contributed by atoms with van der Waals surface area (Å²) in [5, 5.41) is 0. The Balaban J connectivity index is 1.43. The number of fused-ring (bicyclic) bond motifs is 1. The molecule has 0 spiro atoms. The van der Waals surface area contributed by atoms with Crippen molar-refractivity contribution in [3.8, 4) is 0 Å². The first-order valence-corrected chi connectivity index (χ1v) is 12.1. The molecule has 1 fully saturated rings. The SMILES string of the molecule is Cc1nc(C2CCCCN2C(=O)c2ccccc2)nc2c1CCCN2CCc1ccccn1. The van der Waals surface area contributed by atoms with Crippen molar-refractivity contribution in [2.45, 2.75) is 51.5 Å². The van der Waals surface area contributed by atoms with Crippen LogP contribution < -0.4 is 4.90 Å². The highest BCUT2D eigenvalue weighted by molar-refractivity contribution is 5.94. The van der Waals surface area contributed by atoms with E-state index >= 15 is 0 Å². The normalized spacial score (nSPS) is 18.2. The molecule has 0 radical (unpaired) electrons. The van der Waals surface area contributed by atoms with E-state index in [1.165, 1.54) is 5.56 Å². The van der Waals surface area contributed by atoms with E-state index in [4.69, 9.17) is 9.97 Å². The molecular weight excluding hydrogens is 410 g/mol. The van der Waals surface area contributed by atoms with Gasteiger partial charge in [0.2, 0.25) is 0 Å². The summed E-state index contributed by atoms with van der Waals surface area (Å²) in [6.45, 7) is 4.73. The van der Waals surface area contributed by atoms with Gasteiger partial charge in [-0.25, -0.2) is 9.97 Å². The minimum atomic E-state index is -0.0741. The summed E-state index contributed by atoms with van der Waals surface area (Å²) < 4.78 is 0. The largest absolute Gasteiger partial charge is 0.356 e. The van der Waals surface area contributed by atoms with Gasteiger partial charge in [0.25, 0.3) is 5.91 Å². The summed E-state index contributed by atoms with van der Waals surface area (Å²) in [4.78, 5) is 32.3. The van der Waals surface area contributed by atoms with Gasteiger partial charge in [0.05, 0.1) is 6.04 Å². The van der Waals surface area contributed by atoms with Crippen molar-refractivity contribution in [3.63, 3.8) is 0 Å². The van der Waals surface area contributed by atoms with Crippen LogP contribution in [0.4, 0.5) is 5.82 Å². The topological polar surface area (TPSA) is 62.2 Å². The van der Waals surface area contributed by atoms with Gasteiger partial charge in [-0.15, -0.1) is 0 Å². The third-order valence-corrected chi connectivity index (χ3v) is 6.81. The van der Waals surface area contributed by atoms with Gasteiger partial charge in [-0.05, 0) is 63.3 Å².